The molecule has 2 amide bonds. The molecule has 0 aliphatic carbocycles. The third kappa shape index (κ3) is 7.46. The van der Waals surface area contributed by atoms with Crippen molar-refractivity contribution in [3.63, 3.8) is 0 Å². The van der Waals surface area contributed by atoms with E-state index in [9.17, 15) is 14.7 Å². The largest absolute Gasteiger partial charge is 0.449 e. The molecule has 31 heavy (non-hydrogen) atoms. The first-order chi connectivity index (χ1) is 14.7. The van der Waals surface area contributed by atoms with Crippen LogP contribution in [0, 0.1) is 11.8 Å². The lowest BCUT2D eigenvalue weighted by atomic mass is 10.0. The predicted octanol–water partition coefficient (Wildman–Crippen LogP) is 1.53. The van der Waals surface area contributed by atoms with Crippen molar-refractivity contribution in [2.45, 2.75) is 65.8 Å². The molecular formula is C21H37N5O5. The number of aliphatic hydroxyl groups is 1. The molecule has 1 N–H and O–H groups in total. The zero-order valence-corrected chi connectivity index (χ0v) is 19.4. The molecule has 1 aromatic heterocycles. The summed E-state index contributed by atoms with van der Waals surface area (Å²) in [7, 11) is 1.68. The number of hydrogen-bond acceptors (Lipinski definition) is 7. The van der Waals surface area contributed by atoms with Gasteiger partial charge in [-0.3, -0.25) is 4.79 Å². The van der Waals surface area contributed by atoms with Crippen molar-refractivity contribution < 1.29 is 24.2 Å². The van der Waals surface area contributed by atoms with Crippen LogP contribution in [0.15, 0.2) is 6.20 Å². The minimum Gasteiger partial charge on any atom is -0.449 e. The number of carbonyl (C=O) groups is 2. The van der Waals surface area contributed by atoms with E-state index in [2.05, 4.69) is 10.3 Å². The van der Waals surface area contributed by atoms with Crippen LogP contribution in [0.4, 0.5) is 4.79 Å². The highest BCUT2D eigenvalue weighted by Gasteiger charge is 2.29. The Balaban J connectivity index is 2.19. The van der Waals surface area contributed by atoms with Crippen LogP contribution in [-0.2, 0) is 27.4 Å². The second-order valence-corrected chi connectivity index (χ2v) is 8.81. The molecular weight excluding hydrogens is 402 g/mol. The Morgan fingerprint density at radius 3 is 2.84 bits per heavy atom. The first kappa shape index (κ1) is 25.1. The molecule has 0 saturated carbocycles. The molecule has 0 spiro atoms. The topological polar surface area (TPSA) is 110 Å². The Kier molecular flexibility index (Phi) is 9.70. The van der Waals surface area contributed by atoms with Gasteiger partial charge in [-0.15, -0.1) is 5.10 Å². The number of aliphatic hydroxyl groups excluding tert-OH is 1. The molecule has 0 saturated heterocycles. The number of hydrogen-bond donors (Lipinski definition) is 1. The van der Waals surface area contributed by atoms with E-state index in [1.165, 1.54) is 4.90 Å². The van der Waals surface area contributed by atoms with Crippen molar-refractivity contribution in [3.05, 3.63) is 11.9 Å². The van der Waals surface area contributed by atoms with Crippen molar-refractivity contribution >= 4 is 12.0 Å². The first-order valence-corrected chi connectivity index (χ1v) is 11.0. The molecule has 10 heteroatoms. The lowest BCUT2D eigenvalue weighted by molar-refractivity contribution is -0.136. The summed E-state index contributed by atoms with van der Waals surface area (Å²) in [6.45, 7) is 9.64. The first-order valence-electron chi connectivity index (χ1n) is 11.0. The Morgan fingerprint density at radius 2 is 2.16 bits per heavy atom. The molecule has 1 aliphatic rings. The quantitative estimate of drug-likeness (QED) is 0.716. The molecule has 1 aliphatic heterocycles. The van der Waals surface area contributed by atoms with Crippen LogP contribution in [0.2, 0.25) is 0 Å². The summed E-state index contributed by atoms with van der Waals surface area (Å²) < 4.78 is 13.3. The lowest BCUT2D eigenvalue weighted by Gasteiger charge is -2.35. The third-order valence-electron chi connectivity index (χ3n) is 5.45. The van der Waals surface area contributed by atoms with Crippen molar-refractivity contribution in [3.8, 4) is 0 Å². The van der Waals surface area contributed by atoms with Gasteiger partial charge in [0.05, 0.1) is 50.4 Å². The van der Waals surface area contributed by atoms with Gasteiger partial charge in [0.15, 0.2) is 0 Å². The maximum absolute atomic E-state index is 12.9. The van der Waals surface area contributed by atoms with Crippen LogP contribution in [0.1, 0.15) is 46.2 Å². The number of amides is 2. The molecule has 3 atom stereocenters. The van der Waals surface area contributed by atoms with Crippen molar-refractivity contribution in [2.75, 3.05) is 33.4 Å². The normalized spacial score (nSPS) is 21.8. The van der Waals surface area contributed by atoms with Crippen LogP contribution < -0.4 is 0 Å². The van der Waals surface area contributed by atoms with E-state index in [-0.39, 0.29) is 36.5 Å². The van der Waals surface area contributed by atoms with E-state index in [4.69, 9.17) is 9.47 Å². The number of aryl methyl sites for hydroxylation is 1. The molecule has 0 unspecified atom stereocenters. The molecule has 2 rings (SSSR count). The van der Waals surface area contributed by atoms with Gasteiger partial charge in [0, 0.05) is 32.5 Å². The Hall–Kier alpha value is -2.20. The Morgan fingerprint density at radius 1 is 1.42 bits per heavy atom. The van der Waals surface area contributed by atoms with Crippen molar-refractivity contribution in [1.29, 1.82) is 0 Å². The van der Waals surface area contributed by atoms with Crippen molar-refractivity contribution in [2.24, 2.45) is 11.8 Å². The summed E-state index contributed by atoms with van der Waals surface area (Å²) in [5, 5.41) is 17.7. The highest BCUT2D eigenvalue weighted by atomic mass is 16.6. The Bertz CT molecular complexity index is 710. The minimum atomic E-state index is -0.404. The fourth-order valence-electron chi connectivity index (χ4n) is 3.44. The van der Waals surface area contributed by atoms with Crippen molar-refractivity contribution in [1.82, 2.24) is 24.8 Å². The van der Waals surface area contributed by atoms with Gasteiger partial charge < -0.3 is 24.4 Å². The maximum atomic E-state index is 12.9. The number of carbonyl (C=O) groups excluding carboxylic acids is 2. The van der Waals surface area contributed by atoms with Gasteiger partial charge in [0.2, 0.25) is 5.91 Å². The molecule has 0 radical (unpaired) electrons. The summed E-state index contributed by atoms with van der Waals surface area (Å²) in [5.74, 6) is 0.155. The number of nitrogens with zero attached hydrogens (tertiary/aromatic N) is 5. The summed E-state index contributed by atoms with van der Waals surface area (Å²) in [5.41, 5.74) is 0.829. The number of aromatic nitrogens is 3. The zero-order valence-electron chi connectivity index (χ0n) is 19.4. The predicted molar refractivity (Wildman–Crippen MR) is 114 cm³/mol. The second kappa shape index (κ2) is 12.0. The molecule has 0 bridgehead atoms. The van der Waals surface area contributed by atoms with Crippen LogP contribution in [0.25, 0.3) is 0 Å². The van der Waals surface area contributed by atoms with E-state index in [0.29, 0.717) is 45.7 Å². The van der Waals surface area contributed by atoms with Gasteiger partial charge >= 0.3 is 6.09 Å². The Labute approximate surface area is 184 Å². The number of ether oxygens (including phenoxy) is 2. The number of rotatable bonds is 6. The standard InChI is InChI=1S/C21H37N5O5/c1-15(2)13-31-21(29)24(5)11-19-16(3)10-25(17(4)12-27)20(28)7-6-8-26-18(14-30-19)9-22-23-26/h9,15-17,19,27H,6-8,10-14H2,1-5H3/t16-,17-,19+/m1/s1. The fourth-order valence-corrected chi connectivity index (χ4v) is 3.44. The minimum absolute atomic E-state index is 0.0147. The summed E-state index contributed by atoms with van der Waals surface area (Å²) >= 11 is 0. The summed E-state index contributed by atoms with van der Waals surface area (Å²) in [4.78, 5) is 28.4. The second-order valence-electron chi connectivity index (χ2n) is 8.81. The molecule has 0 aromatic carbocycles. The average molecular weight is 440 g/mol. The summed E-state index contributed by atoms with van der Waals surface area (Å²) in [6, 6.07) is -0.297. The van der Waals surface area contributed by atoms with E-state index in [1.807, 2.05) is 27.7 Å². The SMILES string of the molecule is CC(C)COC(=O)N(C)C[C@@H]1OCc2cnnn2CCCC(=O)N([C@H](C)CO)C[C@H]1C. The van der Waals surface area contributed by atoms with E-state index in [0.717, 1.165) is 5.69 Å². The smallest absolute Gasteiger partial charge is 0.409 e. The summed E-state index contributed by atoms with van der Waals surface area (Å²) in [6.07, 6.45) is 1.91. The van der Waals surface area contributed by atoms with Gasteiger partial charge in [-0.2, -0.15) is 0 Å². The monoisotopic (exact) mass is 439 g/mol. The van der Waals surface area contributed by atoms with Crippen LogP contribution in [0.5, 0.6) is 0 Å². The highest BCUT2D eigenvalue weighted by Crippen LogP contribution is 2.18. The number of likely N-dealkylation sites (N-methyl/N-ethyl adjacent to an activating group) is 1. The van der Waals surface area contributed by atoms with Gasteiger partial charge in [-0.05, 0) is 19.3 Å². The molecule has 1 aromatic rings. The zero-order chi connectivity index (χ0) is 23.0. The maximum Gasteiger partial charge on any atom is 0.409 e. The van der Waals surface area contributed by atoms with Crippen LogP contribution in [-0.4, -0.2) is 87.4 Å². The van der Waals surface area contributed by atoms with Crippen LogP contribution in [0.3, 0.4) is 0 Å². The van der Waals surface area contributed by atoms with E-state index < -0.39 is 6.09 Å². The molecule has 0 fully saturated rings. The molecule has 10 nitrogen and oxygen atoms in total. The molecule has 2 heterocycles. The number of fused-ring (bicyclic) bond motifs is 1. The van der Waals surface area contributed by atoms with E-state index in [1.54, 1.807) is 22.8 Å². The van der Waals surface area contributed by atoms with E-state index >= 15 is 0 Å². The third-order valence-corrected chi connectivity index (χ3v) is 5.45. The average Bonchev–Trinajstić information content (AvgIpc) is 3.18. The van der Waals surface area contributed by atoms with Gasteiger partial charge in [-0.1, -0.05) is 26.0 Å². The van der Waals surface area contributed by atoms with Crippen LogP contribution >= 0.6 is 0 Å². The van der Waals surface area contributed by atoms with Gasteiger partial charge in [0.25, 0.3) is 0 Å². The van der Waals surface area contributed by atoms with Gasteiger partial charge in [-0.25, -0.2) is 9.48 Å². The lowest BCUT2D eigenvalue weighted by Crippen LogP contribution is -2.48. The van der Waals surface area contributed by atoms with Gasteiger partial charge in [0.1, 0.15) is 0 Å². The highest BCUT2D eigenvalue weighted by molar-refractivity contribution is 5.76. The molecule has 176 valence electrons. The fraction of sp³-hybridized carbons (Fsp3) is 0.810.